The lowest BCUT2D eigenvalue weighted by atomic mass is 9.64. The van der Waals surface area contributed by atoms with Gasteiger partial charge >= 0.3 is 0 Å². The SMILES string of the molecule is COc1cc(C2Cc3c(cc(F)c(O)c3O)C3CNCCC23)ccn1. The monoisotopic (exact) mass is 344 g/mol. The van der Waals surface area contributed by atoms with Gasteiger partial charge in [0, 0.05) is 30.3 Å². The van der Waals surface area contributed by atoms with Gasteiger partial charge in [-0.15, -0.1) is 0 Å². The molecule has 1 fully saturated rings. The van der Waals surface area contributed by atoms with Crippen LogP contribution in [0, 0.1) is 11.7 Å². The van der Waals surface area contributed by atoms with Crippen LogP contribution in [0.1, 0.15) is 34.9 Å². The quantitative estimate of drug-likeness (QED) is 0.731. The molecule has 5 nitrogen and oxygen atoms in total. The van der Waals surface area contributed by atoms with Crippen molar-refractivity contribution in [2.45, 2.75) is 24.7 Å². The molecule has 0 radical (unpaired) electrons. The van der Waals surface area contributed by atoms with Crippen molar-refractivity contribution in [1.29, 1.82) is 0 Å². The van der Waals surface area contributed by atoms with Crippen molar-refractivity contribution >= 4 is 0 Å². The Bertz CT molecular complexity index is 811. The summed E-state index contributed by atoms with van der Waals surface area (Å²) in [5, 5.41) is 23.5. The van der Waals surface area contributed by atoms with E-state index in [-0.39, 0.29) is 17.6 Å². The number of ether oxygens (including phenoxy) is 1. The maximum atomic E-state index is 14.0. The van der Waals surface area contributed by atoms with E-state index < -0.39 is 11.6 Å². The Labute approximate surface area is 145 Å². The zero-order valence-corrected chi connectivity index (χ0v) is 14.0. The van der Waals surface area contributed by atoms with Crippen LogP contribution in [0.15, 0.2) is 24.4 Å². The molecule has 2 aromatic rings. The van der Waals surface area contributed by atoms with Crippen molar-refractivity contribution in [3.8, 4) is 17.4 Å². The molecule has 1 aliphatic heterocycles. The third kappa shape index (κ3) is 2.61. The van der Waals surface area contributed by atoms with E-state index in [0.29, 0.717) is 23.8 Å². The molecule has 4 rings (SSSR count). The van der Waals surface area contributed by atoms with Crippen molar-refractivity contribution in [2.75, 3.05) is 20.2 Å². The number of benzene rings is 1. The zero-order chi connectivity index (χ0) is 17.6. The van der Waals surface area contributed by atoms with Gasteiger partial charge in [0.1, 0.15) is 0 Å². The Morgan fingerprint density at radius 1 is 1.24 bits per heavy atom. The number of phenolic OH excluding ortho intramolecular Hbond substituents is 2. The number of pyridine rings is 1. The highest BCUT2D eigenvalue weighted by atomic mass is 19.1. The first-order valence-electron chi connectivity index (χ1n) is 8.54. The molecule has 3 N–H and O–H groups in total. The number of hydrogen-bond acceptors (Lipinski definition) is 5. The molecule has 6 heteroatoms. The Morgan fingerprint density at radius 2 is 2.08 bits per heavy atom. The first kappa shape index (κ1) is 16.1. The minimum absolute atomic E-state index is 0.0997. The first-order valence-corrected chi connectivity index (χ1v) is 8.54. The highest BCUT2D eigenvalue weighted by Crippen LogP contribution is 2.51. The van der Waals surface area contributed by atoms with Crippen LogP contribution in [0.2, 0.25) is 0 Å². The van der Waals surface area contributed by atoms with Crippen LogP contribution in [0.5, 0.6) is 17.4 Å². The molecule has 0 bridgehead atoms. The van der Waals surface area contributed by atoms with Crippen LogP contribution in [0.3, 0.4) is 0 Å². The van der Waals surface area contributed by atoms with Crippen molar-refractivity contribution in [1.82, 2.24) is 10.3 Å². The second-order valence-electron chi connectivity index (χ2n) is 6.83. The lowest BCUT2D eigenvalue weighted by Gasteiger charge is -2.43. The topological polar surface area (TPSA) is 74.6 Å². The van der Waals surface area contributed by atoms with Gasteiger partial charge in [-0.3, -0.25) is 0 Å². The summed E-state index contributed by atoms with van der Waals surface area (Å²) >= 11 is 0. The van der Waals surface area contributed by atoms with E-state index in [9.17, 15) is 14.6 Å². The van der Waals surface area contributed by atoms with Gasteiger partial charge < -0.3 is 20.3 Å². The lowest BCUT2D eigenvalue weighted by Crippen LogP contribution is -2.41. The Kier molecular flexibility index (Phi) is 4.00. The Hall–Kier alpha value is -2.34. The molecule has 2 heterocycles. The summed E-state index contributed by atoms with van der Waals surface area (Å²) in [4.78, 5) is 4.17. The van der Waals surface area contributed by atoms with Gasteiger partial charge in [-0.1, -0.05) is 0 Å². The van der Waals surface area contributed by atoms with Gasteiger partial charge in [0.15, 0.2) is 17.3 Å². The molecule has 1 aromatic heterocycles. The molecule has 1 aromatic carbocycles. The second kappa shape index (κ2) is 6.19. The molecule has 0 saturated carbocycles. The van der Waals surface area contributed by atoms with Crippen molar-refractivity contribution in [3.05, 3.63) is 46.9 Å². The standard InChI is InChI=1S/C19H21FN2O3/c1-25-17-6-10(2-5-22-17)12-7-14-13(8-16(20)19(24)18(14)23)15-9-21-4-3-11(12)15/h2,5-6,8,11-12,15,21,23-24H,3-4,7,9H2,1H3. The van der Waals surface area contributed by atoms with Crippen LogP contribution >= 0.6 is 0 Å². The van der Waals surface area contributed by atoms with Crippen molar-refractivity contribution in [3.63, 3.8) is 0 Å². The molecular weight excluding hydrogens is 323 g/mol. The summed E-state index contributed by atoms with van der Waals surface area (Å²) in [6.07, 6.45) is 3.26. The number of methoxy groups -OCH3 is 1. The maximum Gasteiger partial charge on any atom is 0.213 e. The van der Waals surface area contributed by atoms with Crippen LogP contribution in [0.25, 0.3) is 0 Å². The molecule has 1 aliphatic carbocycles. The number of halogens is 1. The fourth-order valence-corrected chi connectivity index (χ4v) is 4.43. The number of phenols is 2. The second-order valence-corrected chi connectivity index (χ2v) is 6.83. The van der Waals surface area contributed by atoms with Gasteiger partial charge in [-0.2, -0.15) is 0 Å². The fraction of sp³-hybridized carbons (Fsp3) is 0.421. The van der Waals surface area contributed by atoms with Gasteiger partial charge in [0.2, 0.25) is 5.88 Å². The maximum absolute atomic E-state index is 14.0. The van der Waals surface area contributed by atoms with Crippen LogP contribution in [-0.4, -0.2) is 35.4 Å². The van der Waals surface area contributed by atoms with E-state index in [1.165, 1.54) is 6.07 Å². The smallest absolute Gasteiger partial charge is 0.213 e. The molecule has 3 unspecified atom stereocenters. The normalized spacial score (nSPS) is 25.1. The summed E-state index contributed by atoms with van der Waals surface area (Å²) in [5.74, 6) is -0.597. The van der Waals surface area contributed by atoms with Gasteiger partial charge in [-0.25, -0.2) is 9.37 Å². The molecular formula is C19H21FN2O3. The molecule has 0 amide bonds. The van der Waals surface area contributed by atoms with Gasteiger partial charge in [-0.05, 0) is 54.5 Å². The number of nitrogens with one attached hydrogen (secondary N) is 1. The zero-order valence-electron chi connectivity index (χ0n) is 14.0. The number of hydrogen-bond donors (Lipinski definition) is 3. The number of nitrogens with zero attached hydrogens (tertiary/aromatic N) is 1. The number of piperidine rings is 1. The van der Waals surface area contributed by atoms with Crippen LogP contribution < -0.4 is 10.1 Å². The number of aromatic nitrogens is 1. The van der Waals surface area contributed by atoms with Crippen LogP contribution in [-0.2, 0) is 6.42 Å². The van der Waals surface area contributed by atoms with E-state index in [1.54, 1.807) is 13.3 Å². The van der Waals surface area contributed by atoms with E-state index in [1.807, 2.05) is 12.1 Å². The van der Waals surface area contributed by atoms with Crippen molar-refractivity contribution < 1.29 is 19.3 Å². The summed E-state index contributed by atoms with van der Waals surface area (Å²) in [7, 11) is 1.59. The fourth-order valence-electron chi connectivity index (χ4n) is 4.43. The van der Waals surface area contributed by atoms with E-state index in [0.717, 1.165) is 30.6 Å². The summed E-state index contributed by atoms with van der Waals surface area (Å²) < 4.78 is 19.2. The largest absolute Gasteiger partial charge is 0.504 e. The predicted octanol–water partition coefficient (Wildman–Crippen LogP) is 2.67. The molecule has 1 saturated heterocycles. The third-order valence-electron chi connectivity index (χ3n) is 5.64. The number of aromatic hydroxyl groups is 2. The van der Waals surface area contributed by atoms with Gasteiger partial charge in [0.25, 0.3) is 0 Å². The molecule has 132 valence electrons. The average Bonchev–Trinajstić information content (AvgIpc) is 2.66. The predicted molar refractivity (Wildman–Crippen MR) is 90.7 cm³/mol. The number of fused-ring (bicyclic) bond motifs is 3. The molecule has 2 aliphatic rings. The van der Waals surface area contributed by atoms with Gasteiger partial charge in [0.05, 0.1) is 7.11 Å². The third-order valence-corrected chi connectivity index (χ3v) is 5.64. The minimum Gasteiger partial charge on any atom is -0.504 e. The highest BCUT2D eigenvalue weighted by molar-refractivity contribution is 5.54. The highest BCUT2D eigenvalue weighted by Gasteiger charge is 2.41. The first-order chi connectivity index (χ1) is 12.1. The van der Waals surface area contributed by atoms with E-state index >= 15 is 0 Å². The summed E-state index contributed by atoms with van der Waals surface area (Å²) in [6, 6.07) is 5.28. The van der Waals surface area contributed by atoms with Crippen molar-refractivity contribution in [2.24, 2.45) is 5.92 Å². The van der Waals surface area contributed by atoms with Crippen LogP contribution in [0.4, 0.5) is 4.39 Å². The number of rotatable bonds is 2. The minimum atomic E-state index is -0.760. The van der Waals surface area contributed by atoms with E-state index in [2.05, 4.69) is 10.3 Å². The summed E-state index contributed by atoms with van der Waals surface area (Å²) in [6.45, 7) is 1.65. The Morgan fingerprint density at radius 3 is 2.88 bits per heavy atom. The molecule has 0 spiro atoms. The molecule has 3 atom stereocenters. The average molecular weight is 344 g/mol. The molecule has 25 heavy (non-hydrogen) atoms. The van der Waals surface area contributed by atoms with E-state index in [4.69, 9.17) is 4.74 Å². The lowest BCUT2D eigenvalue weighted by molar-refractivity contribution is 0.251. The summed E-state index contributed by atoms with van der Waals surface area (Å²) in [5.41, 5.74) is 2.55. The Balaban J connectivity index is 1.83.